The Bertz CT molecular complexity index is 427. The number of hydrogen-bond acceptors (Lipinski definition) is 1. The Kier molecular flexibility index (Phi) is 4.98. The van der Waals surface area contributed by atoms with Crippen molar-refractivity contribution >= 4 is 0 Å². The Labute approximate surface area is 120 Å². The minimum atomic E-state index is -0.0219. The van der Waals surface area contributed by atoms with Gasteiger partial charge in [0.2, 0.25) is 0 Å². The Balaban J connectivity index is 0.000000830. The summed E-state index contributed by atoms with van der Waals surface area (Å²) in [6, 6.07) is 8.73. The molecule has 108 valence electrons. The number of benzene rings is 1. The van der Waals surface area contributed by atoms with Crippen LogP contribution in [0.2, 0.25) is 0 Å². The molecule has 0 saturated heterocycles. The van der Waals surface area contributed by atoms with Crippen LogP contribution in [0.25, 0.3) is 0 Å². The second-order valence-electron chi connectivity index (χ2n) is 6.35. The lowest BCUT2D eigenvalue weighted by molar-refractivity contribution is 0.624. The Hall–Kier alpha value is -1.08. The topological polar surface area (TPSA) is 26.0 Å². The summed E-state index contributed by atoms with van der Waals surface area (Å²) in [5, 5.41) is 0. The average molecular weight is 261 g/mol. The van der Waals surface area contributed by atoms with E-state index in [-0.39, 0.29) is 12.4 Å². The van der Waals surface area contributed by atoms with Crippen molar-refractivity contribution in [3.8, 4) is 0 Å². The quantitative estimate of drug-likeness (QED) is 0.748. The predicted molar refractivity (Wildman–Crippen MR) is 87.5 cm³/mol. The third kappa shape index (κ3) is 3.70. The third-order valence-corrected chi connectivity index (χ3v) is 4.04. The molecule has 0 atom stereocenters. The fourth-order valence-electron chi connectivity index (χ4n) is 1.89. The number of hydrogen-bond donors (Lipinski definition) is 1. The van der Waals surface area contributed by atoms with E-state index in [9.17, 15) is 0 Å². The van der Waals surface area contributed by atoms with Crippen molar-refractivity contribution in [1.82, 2.24) is 0 Å². The van der Waals surface area contributed by atoms with Crippen LogP contribution in [0.5, 0.6) is 0 Å². The SMILES string of the molecule is C=C(C)C(C)(C)c1ccc(C2(N)CC2)cc1.CCC.[HH]. The first-order valence-electron chi connectivity index (χ1n) is 7.33. The zero-order chi connectivity index (χ0) is 14.7. The van der Waals surface area contributed by atoms with Gasteiger partial charge < -0.3 is 5.73 Å². The van der Waals surface area contributed by atoms with E-state index in [1.54, 1.807) is 0 Å². The lowest BCUT2D eigenvalue weighted by atomic mass is 9.78. The maximum atomic E-state index is 6.17. The summed E-state index contributed by atoms with van der Waals surface area (Å²) >= 11 is 0. The summed E-state index contributed by atoms with van der Waals surface area (Å²) in [6.07, 6.45) is 3.49. The number of allylic oxidation sites excluding steroid dienone is 1. The van der Waals surface area contributed by atoms with Crippen LogP contribution in [0.15, 0.2) is 36.4 Å². The molecule has 2 rings (SSSR count). The molecule has 0 bridgehead atoms. The summed E-state index contributed by atoms with van der Waals surface area (Å²) in [7, 11) is 0. The molecule has 1 heteroatoms. The van der Waals surface area contributed by atoms with Crippen LogP contribution >= 0.6 is 0 Å². The van der Waals surface area contributed by atoms with Crippen LogP contribution in [0.4, 0.5) is 0 Å². The van der Waals surface area contributed by atoms with E-state index >= 15 is 0 Å². The van der Waals surface area contributed by atoms with Gasteiger partial charge in [0.25, 0.3) is 0 Å². The van der Waals surface area contributed by atoms with Crippen LogP contribution in [0, 0.1) is 0 Å². The molecule has 0 amide bonds. The van der Waals surface area contributed by atoms with Gasteiger partial charge in [-0.3, -0.25) is 0 Å². The van der Waals surface area contributed by atoms with Gasteiger partial charge in [0.05, 0.1) is 0 Å². The fourth-order valence-corrected chi connectivity index (χ4v) is 1.89. The van der Waals surface area contributed by atoms with Crippen molar-refractivity contribution < 1.29 is 1.43 Å². The van der Waals surface area contributed by atoms with Gasteiger partial charge in [-0.2, -0.15) is 0 Å². The Morgan fingerprint density at radius 2 is 1.68 bits per heavy atom. The molecule has 0 aromatic heterocycles. The molecule has 0 spiro atoms. The molecule has 0 heterocycles. The molecule has 1 fully saturated rings. The van der Waals surface area contributed by atoms with Crippen molar-refractivity contribution in [1.29, 1.82) is 0 Å². The first kappa shape index (κ1) is 16.0. The van der Waals surface area contributed by atoms with Crippen LogP contribution in [0.1, 0.15) is 66.4 Å². The van der Waals surface area contributed by atoms with Gasteiger partial charge in [0, 0.05) is 12.4 Å². The standard InChI is InChI=1S/C15H21N.C3H8.H2/c1-11(2)14(3,4)12-5-7-13(8-6-12)15(16)9-10-15;1-3-2;/h5-8H,1,9-10,16H2,2-4H3;3H2,1-2H3;1H. The van der Waals surface area contributed by atoms with Crippen molar-refractivity contribution in [2.45, 2.75) is 64.8 Å². The Morgan fingerprint density at radius 3 is 2.00 bits per heavy atom. The first-order chi connectivity index (χ1) is 8.78. The Morgan fingerprint density at radius 1 is 1.26 bits per heavy atom. The van der Waals surface area contributed by atoms with E-state index in [1.807, 2.05) is 0 Å². The second kappa shape index (κ2) is 5.92. The molecule has 0 aliphatic heterocycles. The van der Waals surface area contributed by atoms with Crippen molar-refractivity contribution in [3.05, 3.63) is 47.5 Å². The van der Waals surface area contributed by atoms with Crippen LogP contribution in [-0.2, 0) is 11.0 Å². The summed E-state index contributed by atoms with van der Waals surface area (Å²) in [4.78, 5) is 0. The highest BCUT2D eigenvalue weighted by atomic mass is 14.8. The molecule has 2 N–H and O–H groups in total. The fraction of sp³-hybridized carbons (Fsp3) is 0.556. The van der Waals surface area contributed by atoms with E-state index in [2.05, 4.69) is 65.5 Å². The summed E-state index contributed by atoms with van der Waals surface area (Å²) < 4.78 is 0. The van der Waals surface area contributed by atoms with Crippen molar-refractivity contribution in [2.24, 2.45) is 5.73 Å². The molecule has 1 saturated carbocycles. The molecule has 1 aromatic rings. The molecule has 1 nitrogen and oxygen atoms in total. The smallest absolute Gasteiger partial charge is 0.0411 e. The molecular formula is C18H31N. The zero-order valence-electron chi connectivity index (χ0n) is 13.2. The van der Waals surface area contributed by atoms with Crippen LogP contribution < -0.4 is 5.73 Å². The highest BCUT2D eigenvalue weighted by molar-refractivity contribution is 5.38. The van der Waals surface area contributed by atoms with Crippen LogP contribution in [0.3, 0.4) is 0 Å². The van der Waals surface area contributed by atoms with Gasteiger partial charge in [0.1, 0.15) is 0 Å². The molecule has 0 radical (unpaired) electrons. The normalized spacial score (nSPS) is 16.3. The predicted octanol–water partition coefficient (Wildman–Crippen LogP) is 5.15. The molecule has 19 heavy (non-hydrogen) atoms. The highest BCUT2D eigenvalue weighted by Gasteiger charge is 2.39. The van der Waals surface area contributed by atoms with Crippen molar-refractivity contribution in [2.75, 3.05) is 0 Å². The minimum absolute atomic E-state index is 0. The second-order valence-corrected chi connectivity index (χ2v) is 6.35. The molecule has 1 aromatic carbocycles. The maximum absolute atomic E-state index is 6.17. The van der Waals surface area contributed by atoms with E-state index < -0.39 is 0 Å². The van der Waals surface area contributed by atoms with Gasteiger partial charge in [-0.1, -0.05) is 70.5 Å². The molecule has 1 aliphatic carbocycles. The minimum Gasteiger partial charge on any atom is -0.321 e. The lowest BCUT2D eigenvalue weighted by Crippen LogP contribution is -2.21. The summed E-state index contributed by atoms with van der Waals surface area (Å²) in [6.45, 7) is 14.8. The van der Waals surface area contributed by atoms with E-state index in [0.717, 1.165) is 12.8 Å². The van der Waals surface area contributed by atoms with Gasteiger partial charge in [0.15, 0.2) is 0 Å². The van der Waals surface area contributed by atoms with Crippen LogP contribution in [-0.4, -0.2) is 0 Å². The summed E-state index contributed by atoms with van der Waals surface area (Å²) in [5.41, 5.74) is 9.97. The van der Waals surface area contributed by atoms with Gasteiger partial charge in [-0.25, -0.2) is 0 Å². The van der Waals surface area contributed by atoms with Gasteiger partial charge in [-0.15, -0.1) is 0 Å². The zero-order valence-corrected chi connectivity index (χ0v) is 13.2. The largest absolute Gasteiger partial charge is 0.321 e. The summed E-state index contributed by atoms with van der Waals surface area (Å²) in [5.74, 6) is 0. The average Bonchev–Trinajstić information content (AvgIpc) is 3.10. The van der Waals surface area contributed by atoms with E-state index in [0.29, 0.717) is 0 Å². The first-order valence-corrected chi connectivity index (χ1v) is 7.33. The van der Waals surface area contributed by atoms with E-state index in [4.69, 9.17) is 5.73 Å². The van der Waals surface area contributed by atoms with Gasteiger partial charge in [-0.05, 0) is 30.9 Å². The lowest BCUT2D eigenvalue weighted by Gasteiger charge is -2.26. The highest BCUT2D eigenvalue weighted by Crippen LogP contribution is 2.43. The molecule has 0 unspecified atom stereocenters. The van der Waals surface area contributed by atoms with E-state index in [1.165, 1.54) is 23.1 Å². The van der Waals surface area contributed by atoms with Crippen molar-refractivity contribution in [3.63, 3.8) is 0 Å². The molecular weight excluding hydrogens is 230 g/mol. The number of rotatable bonds is 3. The van der Waals surface area contributed by atoms with Gasteiger partial charge >= 0.3 is 0 Å². The number of nitrogens with two attached hydrogens (primary N) is 1. The third-order valence-electron chi connectivity index (χ3n) is 4.04. The molecule has 1 aliphatic rings. The monoisotopic (exact) mass is 261 g/mol. The maximum Gasteiger partial charge on any atom is 0.0411 e.